The van der Waals surface area contributed by atoms with Crippen molar-refractivity contribution in [2.45, 2.75) is 23.8 Å². The summed E-state index contributed by atoms with van der Waals surface area (Å²) in [6.07, 6.45) is 2.23. The predicted molar refractivity (Wildman–Crippen MR) is 83.5 cm³/mol. The molecule has 2 rings (SSSR count). The average Bonchev–Trinajstić information content (AvgIpc) is 3.31. The smallest absolute Gasteiger partial charge is 0.242 e. The molecule has 1 aromatic carbocycles. The van der Waals surface area contributed by atoms with Crippen molar-refractivity contribution in [1.29, 1.82) is 0 Å². The zero-order chi connectivity index (χ0) is 16.3. The van der Waals surface area contributed by atoms with Gasteiger partial charge < -0.3 is 10.6 Å². The normalized spacial score (nSPS) is 16.1. The van der Waals surface area contributed by atoms with Gasteiger partial charge in [-0.3, -0.25) is 4.99 Å². The molecule has 8 heteroatoms. The van der Waals surface area contributed by atoms with Gasteiger partial charge in [0, 0.05) is 26.7 Å². The number of hydrogen-bond acceptors (Lipinski definition) is 3. The van der Waals surface area contributed by atoms with Gasteiger partial charge in [-0.05, 0) is 37.1 Å². The number of likely N-dealkylation sites (N-methyl/N-ethyl adjacent to an activating group) is 1. The van der Waals surface area contributed by atoms with Gasteiger partial charge >= 0.3 is 0 Å². The largest absolute Gasteiger partial charge is 0.370 e. The van der Waals surface area contributed by atoms with Crippen LogP contribution in [0.1, 0.15) is 12.8 Å². The van der Waals surface area contributed by atoms with Gasteiger partial charge in [0.25, 0.3) is 0 Å². The number of sulfonamides is 1. The van der Waals surface area contributed by atoms with Crippen LogP contribution in [0.4, 0.5) is 4.39 Å². The zero-order valence-electron chi connectivity index (χ0n) is 12.7. The van der Waals surface area contributed by atoms with Crippen LogP contribution in [0.3, 0.4) is 0 Å². The van der Waals surface area contributed by atoms with Crippen molar-refractivity contribution in [2.24, 2.45) is 10.7 Å². The van der Waals surface area contributed by atoms with E-state index >= 15 is 0 Å². The van der Waals surface area contributed by atoms with Crippen molar-refractivity contribution in [3.63, 3.8) is 0 Å². The molecule has 0 atom stereocenters. The van der Waals surface area contributed by atoms with Crippen LogP contribution in [0.2, 0.25) is 0 Å². The third kappa shape index (κ3) is 3.95. The quantitative estimate of drug-likeness (QED) is 0.620. The van der Waals surface area contributed by atoms with Gasteiger partial charge in [0.1, 0.15) is 5.82 Å². The highest BCUT2D eigenvalue weighted by Gasteiger charge is 2.27. The van der Waals surface area contributed by atoms with E-state index in [0.29, 0.717) is 12.0 Å². The van der Waals surface area contributed by atoms with Crippen molar-refractivity contribution < 1.29 is 12.8 Å². The monoisotopic (exact) mass is 328 g/mol. The predicted octanol–water partition coefficient (Wildman–Crippen LogP) is 0.855. The van der Waals surface area contributed by atoms with Crippen LogP contribution in [-0.2, 0) is 10.0 Å². The van der Waals surface area contributed by atoms with Gasteiger partial charge in [-0.1, -0.05) is 0 Å². The molecule has 0 bridgehead atoms. The molecule has 0 aromatic heterocycles. The molecule has 1 aliphatic carbocycles. The lowest BCUT2D eigenvalue weighted by molar-refractivity contribution is 0.467. The van der Waals surface area contributed by atoms with Gasteiger partial charge in [0.2, 0.25) is 10.0 Å². The molecule has 0 spiro atoms. The Labute approximate surface area is 130 Å². The van der Waals surface area contributed by atoms with Gasteiger partial charge in [-0.25, -0.2) is 12.8 Å². The molecule has 0 heterocycles. The summed E-state index contributed by atoms with van der Waals surface area (Å²) in [5, 5.41) is 0. The van der Waals surface area contributed by atoms with Crippen molar-refractivity contribution in [1.82, 2.24) is 9.21 Å². The first kappa shape index (κ1) is 16.7. The number of nitrogens with zero attached hydrogens (tertiary/aromatic N) is 3. The van der Waals surface area contributed by atoms with E-state index in [-0.39, 0.29) is 18.0 Å². The third-order valence-electron chi connectivity index (χ3n) is 3.67. The maximum atomic E-state index is 12.9. The van der Waals surface area contributed by atoms with Crippen molar-refractivity contribution in [2.75, 3.05) is 27.2 Å². The Kier molecular flexibility index (Phi) is 5.02. The number of nitrogens with two attached hydrogens (primary N) is 1. The second kappa shape index (κ2) is 6.62. The van der Waals surface area contributed by atoms with Crippen LogP contribution in [-0.4, -0.2) is 56.8 Å². The van der Waals surface area contributed by atoms with Crippen molar-refractivity contribution in [3.05, 3.63) is 30.1 Å². The molecule has 22 heavy (non-hydrogen) atoms. The molecule has 1 fully saturated rings. The summed E-state index contributed by atoms with van der Waals surface area (Å²) >= 11 is 0. The highest BCUT2D eigenvalue weighted by Crippen LogP contribution is 2.24. The Morgan fingerprint density at radius 2 is 1.91 bits per heavy atom. The molecule has 0 amide bonds. The number of rotatable bonds is 6. The highest BCUT2D eigenvalue weighted by atomic mass is 32.2. The summed E-state index contributed by atoms with van der Waals surface area (Å²) in [7, 11) is -0.283. The standard InChI is InChI=1S/C14H21FN4O2S/c1-18(10-9-17-14(16)19(2)12-5-6-12)22(20,21)13-7-3-11(15)4-8-13/h3-4,7-8,12H,5-6,9-10H2,1-2H3,(H2,16,17). The molecule has 6 nitrogen and oxygen atoms in total. The molecule has 0 radical (unpaired) electrons. The fourth-order valence-electron chi connectivity index (χ4n) is 1.97. The summed E-state index contributed by atoms with van der Waals surface area (Å²) < 4.78 is 38.6. The summed E-state index contributed by atoms with van der Waals surface area (Å²) in [6, 6.07) is 5.21. The molecule has 1 aromatic rings. The third-order valence-corrected chi connectivity index (χ3v) is 5.54. The van der Waals surface area contributed by atoms with Crippen LogP contribution >= 0.6 is 0 Å². The molecule has 0 aliphatic heterocycles. The molecule has 1 saturated carbocycles. The lowest BCUT2D eigenvalue weighted by Gasteiger charge is -2.19. The van der Waals surface area contributed by atoms with Gasteiger partial charge in [0.05, 0.1) is 11.4 Å². The maximum Gasteiger partial charge on any atom is 0.242 e. The molecular weight excluding hydrogens is 307 g/mol. The van der Waals surface area contributed by atoms with E-state index in [1.807, 2.05) is 11.9 Å². The second-order valence-corrected chi connectivity index (χ2v) is 7.41. The fourth-order valence-corrected chi connectivity index (χ4v) is 3.13. The minimum absolute atomic E-state index is 0.0588. The van der Waals surface area contributed by atoms with Gasteiger partial charge in [-0.15, -0.1) is 0 Å². The average molecular weight is 328 g/mol. The molecular formula is C14H21FN4O2S. The maximum absolute atomic E-state index is 12.9. The van der Waals surface area contributed by atoms with E-state index in [0.717, 1.165) is 25.0 Å². The van der Waals surface area contributed by atoms with Crippen LogP contribution in [0.5, 0.6) is 0 Å². The lowest BCUT2D eigenvalue weighted by atomic mass is 10.4. The summed E-state index contributed by atoms with van der Waals surface area (Å²) in [5.41, 5.74) is 5.85. The molecule has 0 unspecified atom stereocenters. The Balaban J connectivity index is 1.94. The van der Waals surface area contributed by atoms with E-state index in [1.165, 1.54) is 23.5 Å². The summed E-state index contributed by atoms with van der Waals surface area (Å²) in [5.74, 6) is -0.0443. The minimum Gasteiger partial charge on any atom is -0.370 e. The Morgan fingerprint density at radius 1 is 1.32 bits per heavy atom. The molecule has 2 N–H and O–H groups in total. The fraction of sp³-hybridized carbons (Fsp3) is 0.500. The van der Waals surface area contributed by atoms with Crippen molar-refractivity contribution >= 4 is 16.0 Å². The van der Waals surface area contributed by atoms with E-state index < -0.39 is 15.8 Å². The van der Waals surface area contributed by atoms with E-state index in [1.54, 1.807) is 0 Å². The molecule has 0 saturated heterocycles. The van der Waals surface area contributed by atoms with E-state index in [4.69, 9.17) is 5.73 Å². The lowest BCUT2D eigenvalue weighted by Crippen LogP contribution is -2.36. The first-order valence-electron chi connectivity index (χ1n) is 7.07. The number of hydrogen-bond donors (Lipinski definition) is 1. The Morgan fingerprint density at radius 3 is 2.45 bits per heavy atom. The van der Waals surface area contributed by atoms with Crippen LogP contribution in [0.25, 0.3) is 0 Å². The number of aliphatic imine (C=N–C) groups is 1. The first-order valence-corrected chi connectivity index (χ1v) is 8.51. The van der Waals surface area contributed by atoms with Gasteiger partial charge in [-0.2, -0.15) is 4.31 Å². The second-order valence-electron chi connectivity index (χ2n) is 5.36. The topological polar surface area (TPSA) is 79.0 Å². The molecule has 122 valence electrons. The Bertz CT molecular complexity index is 641. The summed E-state index contributed by atoms with van der Waals surface area (Å²) in [4.78, 5) is 6.17. The number of guanidine groups is 1. The molecule has 1 aliphatic rings. The van der Waals surface area contributed by atoms with Crippen molar-refractivity contribution in [3.8, 4) is 0 Å². The number of benzene rings is 1. The number of halogens is 1. The Hall–Kier alpha value is -1.67. The van der Waals surface area contributed by atoms with Gasteiger partial charge in [0.15, 0.2) is 5.96 Å². The highest BCUT2D eigenvalue weighted by molar-refractivity contribution is 7.89. The van der Waals surface area contributed by atoms with E-state index in [9.17, 15) is 12.8 Å². The summed E-state index contributed by atoms with van der Waals surface area (Å²) in [6.45, 7) is 0.485. The van der Waals surface area contributed by atoms with Crippen LogP contribution < -0.4 is 5.73 Å². The van der Waals surface area contributed by atoms with E-state index in [2.05, 4.69) is 4.99 Å². The first-order chi connectivity index (χ1) is 10.3. The zero-order valence-corrected chi connectivity index (χ0v) is 13.6. The minimum atomic E-state index is -3.63. The SMILES string of the molecule is CN(C(N)=NCCN(C)S(=O)(=O)c1ccc(F)cc1)C1CC1. The van der Waals surface area contributed by atoms with Crippen LogP contribution in [0, 0.1) is 5.82 Å². The van der Waals surface area contributed by atoms with Crippen LogP contribution in [0.15, 0.2) is 34.2 Å².